The number of amides is 2. The van der Waals surface area contributed by atoms with Gasteiger partial charge in [-0.2, -0.15) is 4.31 Å². The normalized spacial score (nSPS) is 20.3. The van der Waals surface area contributed by atoms with E-state index >= 15 is 0 Å². The molecule has 164 valence electrons. The molecule has 8 heteroatoms. The molecule has 0 unspecified atom stereocenters. The van der Waals surface area contributed by atoms with Gasteiger partial charge in [0, 0.05) is 45.7 Å². The van der Waals surface area contributed by atoms with Crippen molar-refractivity contribution < 1.29 is 18.0 Å². The molecule has 0 saturated carbocycles. The molecular formula is C23H27N3O4S. The zero-order valence-electron chi connectivity index (χ0n) is 17.4. The average molecular weight is 442 g/mol. The second-order valence-electron chi connectivity index (χ2n) is 8.13. The van der Waals surface area contributed by atoms with E-state index in [0.29, 0.717) is 26.2 Å². The molecule has 2 aliphatic heterocycles. The Bertz CT molecular complexity index is 1020. The second-order valence-corrected chi connectivity index (χ2v) is 10.1. The number of benzene rings is 2. The maximum Gasteiger partial charge on any atom is 0.228 e. The molecule has 1 atom stereocenters. The number of sulfonamides is 1. The van der Waals surface area contributed by atoms with E-state index in [1.54, 1.807) is 21.9 Å². The van der Waals surface area contributed by atoms with Crippen LogP contribution in [0.1, 0.15) is 17.5 Å². The van der Waals surface area contributed by atoms with Crippen LogP contribution in [0, 0.1) is 5.92 Å². The third-order valence-corrected chi connectivity index (χ3v) is 7.77. The lowest BCUT2D eigenvalue weighted by Crippen LogP contribution is -2.52. The average Bonchev–Trinajstić information content (AvgIpc) is 3.14. The van der Waals surface area contributed by atoms with Gasteiger partial charge in [-0.3, -0.25) is 9.59 Å². The van der Waals surface area contributed by atoms with E-state index in [4.69, 9.17) is 0 Å². The van der Waals surface area contributed by atoms with E-state index in [0.717, 1.165) is 11.1 Å². The summed E-state index contributed by atoms with van der Waals surface area (Å²) >= 11 is 0. The van der Waals surface area contributed by atoms with E-state index in [1.165, 1.54) is 4.31 Å². The van der Waals surface area contributed by atoms with Gasteiger partial charge in [0.05, 0.1) is 11.7 Å². The molecule has 0 bridgehead atoms. The fourth-order valence-corrected chi connectivity index (χ4v) is 5.73. The number of hydrogen-bond donors (Lipinski definition) is 0. The maximum atomic E-state index is 13.0. The summed E-state index contributed by atoms with van der Waals surface area (Å²) in [6.45, 7) is 2.21. The van der Waals surface area contributed by atoms with Gasteiger partial charge in [0.25, 0.3) is 0 Å². The van der Waals surface area contributed by atoms with Crippen molar-refractivity contribution >= 4 is 21.8 Å². The fraction of sp³-hybridized carbons (Fsp3) is 0.391. The zero-order valence-corrected chi connectivity index (χ0v) is 18.2. The molecule has 2 aromatic carbocycles. The summed E-state index contributed by atoms with van der Waals surface area (Å²) in [7, 11) is -3.42. The maximum absolute atomic E-state index is 13.0. The number of rotatable bonds is 6. The van der Waals surface area contributed by atoms with Gasteiger partial charge >= 0.3 is 0 Å². The molecule has 0 N–H and O–H groups in total. The summed E-state index contributed by atoms with van der Waals surface area (Å²) in [5.41, 5.74) is 1.80. The summed E-state index contributed by atoms with van der Waals surface area (Å²) in [4.78, 5) is 28.8. The molecule has 7 nitrogen and oxygen atoms in total. The summed E-state index contributed by atoms with van der Waals surface area (Å²) in [6.07, 6.45) is 0.220. The first kappa shape index (κ1) is 21.5. The van der Waals surface area contributed by atoms with Crippen LogP contribution in [-0.2, 0) is 31.9 Å². The number of nitrogens with zero attached hydrogens (tertiary/aromatic N) is 3. The predicted molar refractivity (Wildman–Crippen MR) is 117 cm³/mol. The Hall–Kier alpha value is -2.71. The molecule has 2 heterocycles. The molecular weight excluding hydrogens is 414 g/mol. The minimum absolute atomic E-state index is 0.00808. The molecule has 0 spiro atoms. The molecule has 2 aliphatic rings. The third kappa shape index (κ3) is 5.14. The molecule has 4 rings (SSSR count). The second kappa shape index (κ2) is 9.20. The Labute approximate surface area is 183 Å². The minimum atomic E-state index is -3.42. The molecule has 2 fully saturated rings. The van der Waals surface area contributed by atoms with Crippen molar-refractivity contribution in [2.45, 2.75) is 18.7 Å². The number of carbonyl (C=O) groups is 2. The molecule has 0 radical (unpaired) electrons. The van der Waals surface area contributed by atoms with Crippen LogP contribution in [0.4, 0.5) is 0 Å². The highest BCUT2D eigenvalue weighted by atomic mass is 32.2. The van der Waals surface area contributed by atoms with Gasteiger partial charge in [-0.25, -0.2) is 8.42 Å². The van der Waals surface area contributed by atoms with Crippen LogP contribution in [0.5, 0.6) is 0 Å². The smallest absolute Gasteiger partial charge is 0.228 e. The van der Waals surface area contributed by atoms with Gasteiger partial charge in [-0.1, -0.05) is 60.7 Å². The fourth-order valence-electron chi connectivity index (χ4n) is 4.22. The van der Waals surface area contributed by atoms with Gasteiger partial charge < -0.3 is 9.80 Å². The summed E-state index contributed by atoms with van der Waals surface area (Å²) in [5.74, 6) is -0.452. The van der Waals surface area contributed by atoms with Gasteiger partial charge in [0.2, 0.25) is 21.8 Å². The van der Waals surface area contributed by atoms with Crippen LogP contribution >= 0.6 is 0 Å². The van der Waals surface area contributed by atoms with Gasteiger partial charge in [0.15, 0.2) is 0 Å². The Kier molecular flexibility index (Phi) is 6.38. The molecule has 2 aromatic rings. The van der Waals surface area contributed by atoms with Crippen molar-refractivity contribution in [1.29, 1.82) is 0 Å². The third-order valence-electron chi connectivity index (χ3n) is 5.92. The monoisotopic (exact) mass is 441 g/mol. The first-order valence-electron chi connectivity index (χ1n) is 10.5. The van der Waals surface area contributed by atoms with Gasteiger partial charge in [0.1, 0.15) is 0 Å². The zero-order chi connectivity index (χ0) is 21.8. The lowest BCUT2D eigenvalue weighted by molar-refractivity contribution is -0.137. The molecule has 2 saturated heterocycles. The molecule has 2 amide bonds. The van der Waals surface area contributed by atoms with Crippen molar-refractivity contribution in [3.8, 4) is 0 Å². The lowest BCUT2D eigenvalue weighted by atomic mass is 10.1. The van der Waals surface area contributed by atoms with Crippen LogP contribution in [0.25, 0.3) is 0 Å². The topological polar surface area (TPSA) is 78.0 Å². The van der Waals surface area contributed by atoms with Crippen LogP contribution in [0.3, 0.4) is 0 Å². The van der Waals surface area contributed by atoms with E-state index in [9.17, 15) is 18.0 Å². The first-order chi connectivity index (χ1) is 14.9. The van der Waals surface area contributed by atoms with Crippen LogP contribution in [0.15, 0.2) is 60.7 Å². The highest BCUT2D eigenvalue weighted by Gasteiger charge is 2.38. The summed E-state index contributed by atoms with van der Waals surface area (Å²) in [5, 5.41) is 0. The Balaban J connectivity index is 1.30. The van der Waals surface area contributed by atoms with Crippen molar-refractivity contribution in [3.63, 3.8) is 0 Å². The highest BCUT2D eigenvalue weighted by molar-refractivity contribution is 7.88. The van der Waals surface area contributed by atoms with Crippen LogP contribution in [-0.4, -0.2) is 67.1 Å². The van der Waals surface area contributed by atoms with Crippen LogP contribution in [0.2, 0.25) is 0 Å². The quantitative estimate of drug-likeness (QED) is 0.684. The van der Waals surface area contributed by atoms with E-state index in [1.807, 2.05) is 48.5 Å². The number of likely N-dealkylation sites (tertiary alicyclic amines) is 1. The van der Waals surface area contributed by atoms with Crippen molar-refractivity contribution in [1.82, 2.24) is 14.1 Å². The summed E-state index contributed by atoms with van der Waals surface area (Å²) < 4.78 is 26.9. The molecule has 31 heavy (non-hydrogen) atoms. The van der Waals surface area contributed by atoms with Crippen molar-refractivity contribution in [3.05, 3.63) is 71.8 Å². The van der Waals surface area contributed by atoms with Gasteiger partial charge in [-0.05, 0) is 11.1 Å². The highest BCUT2D eigenvalue weighted by Crippen LogP contribution is 2.23. The van der Waals surface area contributed by atoms with E-state index in [-0.39, 0.29) is 43.0 Å². The number of hydrogen-bond acceptors (Lipinski definition) is 4. The largest absolute Gasteiger partial charge is 0.340 e. The van der Waals surface area contributed by atoms with Crippen LogP contribution < -0.4 is 0 Å². The minimum Gasteiger partial charge on any atom is -0.340 e. The standard InChI is InChI=1S/C23H27N3O4S/c27-22-15-21(17-25(22)16-19-7-3-1-4-8-19)23(28)24-11-13-26(14-12-24)31(29,30)18-20-9-5-2-6-10-20/h1-10,21H,11-18H2/t21-/m1/s1. The SMILES string of the molecule is O=C1C[C@@H](C(=O)N2CCN(S(=O)(=O)Cc3ccccc3)CC2)CN1Cc1ccccc1. The predicted octanol–water partition coefficient (Wildman–Crippen LogP) is 1.71. The van der Waals surface area contributed by atoms with Crippen molar-refractivity contribution in [2.75, 3.05) is 32.7 Å². The van der Waals surface area contributed by atoms with E-state index < -0.39 is 10.0 Å². The Morgan fingerprint density at radius 2 is 1.45 bits per heavy atom. The van der Waals surface area contributed by atoms with Gasteiger partial charge in [-0.15, -0.1) is 0 Å². The first-order valence-corrected chi connectivity index (χ1v) is 12.2. The van der Waals surface area contributed by atoms with Crippen molar-refractivity contribution in [2.24, 2.45) is 5.92 Å². The van der Waals surface area contributed by atoms with E-state index in [2.05, 4.69) is 0 Å². The lowest BCUT2D eigenvalue weighted by Gasteiger charge is -2.35. The Morgan fingerprint density at radius 3 is 2.06 bits per heavy atom. The summed E-state index contributed by atoms with van der Waals surface area (Å²) in [6, 6.07) is 18.8. The number of piperazine rings is 1. The molecule has 0 aliphatic carbocycles. The molecule has 0 aromatic heterocycles. The number of carbonyl (C=O) groups excluding carboxylic acids is 2. The Morgan fingerprint density at radius 1 is 0.871 bits per heavy atom.